The maximum atomic E-state index is 12.1. The number of nitrogens with one attached hydrogen (secondary N) is 3. The summed E-state index contributed by atoms with van der Waals surface area (Å²) in [6.07, 6.45) is 3.26. The molecule has 7 nitrogen and oxygen atoms in total. The summed E-state index contributed by atoms with van der Waals surface area (Å²) in [6.45, 7) is 0. The third-order valence-corrected chi connectivity index (χ3v) is 4.29. The number of amides is 2. The van der Waals surface area contributed by atoms with Gasteiger partial charge >= 0.3 is 11.8 Å². The van der Waals surface area contributed by atoms with Crippen LogP contribution in [0.25, 0.3) is 10.9 Å². The van der Waals surface area contributed by atoms with Crippen LogP contribution >= 0.6 is 0 Å². The SMILES string of the molecule is O=C(N/N=C\c1c[nH]c2ccccc12)C(=O)Nc1ccc(Oc2ccccc2)cc1. The number of rotatable bonds is 5. The molecular formula is C23H18N4O3. The Morgan fingerprint density at radius 2 is 1.53 bits per heavy atom. The van der Waals surface area contributed by atoms with Crippen molar-refractivity contribution >= 4 is 34.6 Å². The quantitative estimate of drug-likeness (QED) is 0.269. The van der Waals surface area contributed by atoms with Crippen LogP contribution in [0.5, 0.6) is 11.5 Å². The number of carbonyl (C=O) groups is 2. The minimum Gasteiger partial charge on any atom is -0.457 e. The van der Waals surface area contributed by atoms with Crippen LogP contribution in [0.3, 0.4) is 0 Å². The summed E-state index contributed by atoms with van der Waals surface area (Å²) in [5, 5.41) is 7.35. The normalized spacial score (nSPS) is 10.8. The molecule has 0 unspecified atom stereocenters. The number of aromatic nitrogens is 1. The molecule has 4 aromatic rings. The monoisotopic (exact) mass is 398 g/mol. The maximum absolute atomic E-state index is 12.1. The summed E-state index contributed by atoms with van der Waals surface area (Å²) in [5.74, 6) is -0.354. The minimum atomic E-state index is -0.865. The predicted molar refractivity (Wildman–Crippen MR) is 116 cm³/mol. The fourth-order valence-corrected chi connectivity index (χ4v) is 2.83. The molecule has 0 fully saturated rings. The van der Waals surface area contributed by atoms with Gasteiger partial charge in [-0.25, -0.2) is 5.43 Å². The number of ether oxygens (including phenoxy) is 1. The standard InChI is InChI=1S/C23H18N4O3/c28-22(23(29)27-25-15-16-14-24-21-9-5-4-8-20(16)21)26-17-10-12-19(13-11-17)30-18-6-2-1-3-7-18/h1-15,24H,(H,26,28)(H,27,29)/b25-15-. The van der Waals surface area contributed by atoms with Crippen LogP contribution in [-0.2, 0) is 9.59 Å². The van der Waals surface area contributed by atoms with E-state index in [4.69, 9.17) is 4.74 Å². The first-order valence-corrected chi connectivity index (χ1v) is 9.22. The highest BCUT2D eigenvalue weighted by atomic mass is 16.5. The first kappa shape index (κ1) is 18.9. The summed E-state index contributed by atoms with van der Waals surface area (Å²) in [4.78, 5) is 27.1. The van der Waals surface area contributed by atoms with Crippen molar-refractivity contribution in [2.75, 3.05) is 5.32 Å². The Kier molecular flexibility index (Phi) is 5.52. The number of hydrogen-bond donors (Lipinski definition) is 3. The fraction of sp³-hybridized carbons (Fsp3) is 0. The van der Waals surface area contributed by atoms with Gasteiger partial charge in [0.05, 0.1) is 6.21 Å². The van der Waals surface area contributed by atoms with Gasteiger partial charge in [-0.2, -0.15) is 5.10 Å². The average Bonchev–Trinajstić information content (AvgIpc) is 3.19. The summed E-state index contributed by atoms with van der Waals surface area (Å²) in [7, 11) is 0. The zero-order valence-electron chi connectivity index (χ0n) is 15.8. The first-order chi connectivity index (χ1) is 14.7. The largest absolute Gasteiger partial charge is 0.457 e. The van der Waals surface area contributed by atoms with Crippen LogP contribution in [-0.4, -0.2) is 23.0 Å². The van der Waals surface area contributed by atoms with Gasteiger partial charge in [-0.1, -0.05) is 36.4 Å². The molecule has 0 bridgehead atoms. The molecule has 0 aliphatic rings. The number of carbonyl (C=O) groups excluding carboxylic acids is 2. The molecule has 30 heavy (non-hydrogen) atoms. The Bertz CT molecular complexity index is 1200. The van der Waals surface area contributed by atoms with Crippen molar-refractivity contribution in [3.63, 3.8) is 0 Å². The van der Waals surface area contributed by atoms with Gasteiger partial charge in [-0.05, 0) is 42.5 Å². The summed E-state index contributed by atoms with van der Waals surface area (Å²) < 4.78 is 5.69. The van der Waals surface area contributed by atoms with Crippen molar-refractivity contribution in [3.05, 3.63) is 90.6 Å². The van der Waals surface area contributed by atoms with E-state index in [1.165, 1.54) is 6.21 Å². The smallest absolute Gasteiger partial charge is 0.329 e. The molecule has 148 valence electrons. The molecule has 3 aromatic carbocycles. The second-order valence-electron chi connectivity index (χ2n) is 6.38. The highest BCUT2D eigenvalue weighted by molar-refractivity contribution is 6.39. The second kappa shape index (κ2) is 8.74. The van der Waals surface area contributed by atoms with Crippen LogP contribution in [0.2, 0.25) is 0 Å². The van der Waals surface area contributed by atoms with Crippen LogP contribution in [0, 0.1) is 0 Å². The average molecular weight is 398 g/mol. The fourth-order valence-electron chi connectivity index (χ4n) is 2.83. The van der Waals surface area contributed by atoms with Gasteiger partial charge in [-0.3, -0.25) is 9.59 Å². The second-order valence-corrected chi connectivity index (χ2v) is 6.38. The van der Waals surface area contributed by atoms with E-state index in [1.54, 1.807) is 30.5 Å². The molecule has 0 saturated heterocycles. The number of H-pyrrole nitrogens is 1. The summed E-state index contributed by atoms with van der Waals surface area (Å²) in [5.41, 5.74) is 4.46. The van der Waals surface area contributed by atoms with Crippen molar-refractivity contribution in [1.29, 1.82) is 0 Å². The summed E-state index contributed by atoms with van der Waals surface area (Å²) in [6, 6.07) is 23.8. The maximum Gasteiger partial charge on any atom is 0.329 e. The Balaban J connectivity index is 1.31. The third kappa shape index (κ3) is 4.53. The van der Waals surface area contributed by atoms with Gasteiger partial charge in [0.15, 0.2) is 0 Å². The van der Waals surface area contributed by atoms with E-state index < -0.39 is 11.8 Å². The minimum absolute atomic E-state index is 0.469. The Hall–Kier alpha value is -4.39. The Labute approximate surface area is 172 Å². The number of anilines is 1. The third-order valence-electron chi connectivity index (χ3n) is 4.29. The van der Waals surface area contributed by atoms with Crippen molar-refractivity contribution in [1.82, 2.24) is 10.4 Å². The summed E-state index contributed by atoms with van der Waals surface area (Å²) >= 11 is 0. The van der Waals surface area contributed by atoms with Crippen molar-refractivity contribution in [2.45, 2.75) is 0 Å². The topological polar surface area (TPSA) is 95.6 Å². The molecule has 0 aliphatic heterocycles. The van der Waals surface area contributed by atoms with Gasteiger partial charge in [0.1, 0.15) is 11.5 Å². The van der Waals surface area contributed by atoms with Crippen molar-refractivity contribution in [3.8, 4) is 11.5 Å². The molecule has 3 N–H and O–H groups in total. The van der Waals surface area contributed by atoms with Crippen molar-refractivity contribution in [2.24, 2.45) is 5.10 Å². The predicted octanol–water partition coefficient (Wildman–Crippen LogP) is 4.05. The molecule has 0 atom stereocenters. The van der Waals surface area contributed by atoms with Crippen LogP contribution in [0.15, 0.2) is 90.2 Å². The van der Waals surface area contributed by atoms with Crippen LogP contribution < -0.4 is 15.5 Å². The van der Waals surface area contributed by atoms with Gasteiger partial charge in [-0.15, -0.1) is 0 Å². The number of hydrogen-bond acceptors (Lipinski definition) is 4. The lowest BCUT2D eigenvalue weighted by Crippen LogP contribution is -2.32. The number of aromatic amines is 1. The van der Waals surface area contributed by atoms with E-state index in [1.807, 2.05) is 54.6 Å². The molecule has 0 radical (unpaired) electrons. The molecule has 0 spiro atoms. The van der Waals surface area contributed by atoms with E-state index in [-0.39, 0.29) is 0 Å². The van der Waals surface area contributed by atoms with Gasteiger partial charge < -0.3 is 15.0 Å². The number of benzene rings is 3. The zero-order valence-corrected chi connectivity index (χ0v) is 15.8. The first-order valence-electron chi connectivity index (χ1n) is 9.22. The highest BCUT2D eigenvalue weighted by Gasteiger charge is 2.13. The lowest BCUT2D eigenvalue weighted by Gasteiger charge is -2.07. The highest BCUT2D eigenvalue weighted by Crippen LogP contribution is 2.22. The lowest BCUT2D eigenvalue weighted by atomic mass is 10.2. The molecule has 0 saturated carbocycles. The lowest BCUT2D eigenvalue weighted by molar-refractivity contribution is -0.136. The van der Waals surface area contributed by atoms with E-state index >= 15 is 0 Å². The van der Waals surface area contributed by atoms with Crippen LogP contribution in [0.1, 0.15) is 5.56 Å². The number of nitrogens with zero attached hydrogens (tertiary/aromatic N) is 1. The van der Waals surface area contributed by atoms with Crippen LogP contribution in [0.4, 0.5) is 5.69 Å². The molecule has 2 amide bonds. The number of fused-ring (bicyclic) bond motifs is 1. The van der Waals surface area contributed by atoms with Gasteiger partial charge in [0.25, 0.3) is 0 Å². The molecular weight excluding hydrogens is 380 g/mol. The molecule has 7 heteroatoms. The van der Waals surface area contributed by atoms with Crippen molar-refractivity contribution < 1.29 is 14.3 Å². The molecule has 0 aliphatic carbocycles. The van der Waals surface area contributed by atoms with Gasteiger partial charge in [0, 0.05) is 28.4 Å². The molecule has 4 rings (SSSR count). The van der Waals surface area contributed by atoms with E-state index in [0.717, 1.165) is 16.5 Å². The van der Waals surface area contributed by atoms with Gasteiger partial charge in [0.2, 0.25) is 0 Å². The zero-order chi connectivity index (χ0) is 20.8. The Morgan fingerprint density at radius 3 is 2.33 bits per heavy atom. The molecule has 1 aromatic heterocycles. The van der Waals surface area contributed by atoms with E-state index in [0.29, 0.717) is 17.2 Å². The number of para-hydroxylation sites is 2. The van der Waals surface area contributed by atoms with E-state index in [2.05, 4.69) is 20.8 Å². The molecule has 1 heterocycles. The number of hydrazone groups is 1. The Morgan fingerprint density at radius 1 is 0.833 bits per heavy atom. The van der Waals surface area contributed by atoms with E-state index in [9.17, 15) is 9.59 Å².